The number of carbonyl (C=O) groups excluding carboxylic acids is 2. The Morgan fingerprint density at radius 1 is 1.13 bits per heavy atom. The number of aldehydes is 1. The molecule has 1 heterocycles. The zero-order valence-corrected chi connectivity index (χ0v) is 16.2. The van der Waals surface area contributed by atoms with E-state index in [1.165, 1.54) is 0 Å². The van der Waals surface area contributed by atoms with Gasteiger partial charge in [0.1, 0.15) is 12.0 Å². The van der Waals surface area contributed by atoms with Crippen LogP contribution in [-0.2, 0) is 20.8 Å². The third-order valence-corrected chi connectivity index (χ3v) is 4.46. The van der Waals surface area contributed by atoms with Gasteiger partial charge in [0.25, 0.3) is 0 Å². The van der Waals surface area contributed by atoms with Gasteiger partial charge >= 0.3 is 11.9 Å². The normalized spacial score (nSPS) is 11.7. The van der Waals surface area contributed by atoms with Crippen molar-refractivity contribution < 1.29 is 29.1 Å². The van der Waals surface area contributed by atoms with Crippen LogP contribution in [0, 0.1) is 0 Å². The van der Waals surface area contributed by atoms with Crippen molar-refractivity contribution >= 4 is 29.1 Å². The molecule has 1 aromatic heterocycles. The molecule has 0 unspecified atom stereocenters. The molecule has 156 valence electrons. The summed E-state index contributed by atoms with van der Waals surface area (Å²) in [5.41, 5.74) is 4.37. The molecule has 0 fully saturated rings. The van der Waals surface area contributed by atoms with E-state index in [0.717, 1.165) is 11.1 Å². The van der Waals surface area contributed by atoms with Crippen molar-refractivity contribution in [3.05, 3.63) is 60.3 Å². The molecule has 0 saturated heterocycles. The summed E-state index contributed by atoms with van der Waals surface area (Å²) in [5.74, 6) is -0.560. The second-order valence-corrected chi connectivity index (χ2v) is 6.71. The van der Waals surface area contributed by atoms with Crippen LogP contribution in [0.4, 0.5) is 0 Å². The second kappa shape index (κ2) is 10.2. The van der Waals surface area contributed by atoms with Gasteiger partial charge in [0.15, 0.2) is 5.75 Å². The summed E-state index contributed by atoms with van der Waals surface area (Å²) in [6.07, 6.45) is 2.98. The Morgan fingerprint density at radius 2 is 1.93 bits per heavy atom. The van der Waals surface area contributed by atoms with Gasteiger partial charge in [-0.1, -0.05) is 30.3 Å². The Labute approximate surface area is 172 Å². The molecule has 0 aliphatic heterocycles. The summed E-state index contributed by atoms with van der Waals surface area (Å²) in [6, 6.07) is 14.0. The van der Waals surface area contributed by atoms with Gasteiger partial charge < -0.3 is 24.5 Å². The minimum atomic E-state index is -0.991. The maximum absolute atomic E-state index is 12.2. The van der Waals surface area contributed by atoms with Crippen LogP contribution in [0.2, 0.25) is 0 Å². The highest BCUT2D eigenvalue weighted by Gasteiger charge is 2.13. The highest BCUT2D eigenvalue weighted by molar-refractivity contribution is 5.88. The average Bonchev–Trinajstić information content (AvgIpc) is 3.15. The molecular weight excluding hydrogens is 388 g/mol. The van der Waals surface area contributed by atoms with E-state index in [-0.39, 0.29) is 25.2 Å². The molecule has 0 radical (unpaired) electrons. The molecule has 8 heteroatoms. The number of hydrogen-bond donors (Lipinski definition) is 3. The van der Waals surface area contributed by atoms with Crippen molar-refractivity contribution in [2.24, 2.45) is 0 Å². The number of hydroxylamine groups is 1. The molecule has 3 rings (SSSR count). The Hall–Kier alpha value is -3.65. The number of aromatic amines is 1. The first-order valence-corrected chi connectivity index (χ1v) is 9.50. The van der Waals surface area contributed by atoms with Crippen molar-refractivity contribution in [2.75, 3.05) is 0 Å². The lowest BCUT2D eigenvalue weighted by molar-refractivity contribution is -0.137. The average molecular weight is 410 g/mol. The Bertz CT molecular complexity index is 1010. The maximum Gasteiger partial charge on any atom is 0.311 e. The van der Waals surface area contributed by atoms with Gasteiger partial charge in [0.05, 0.1) is 6.04 Å². The minimum Gasteiger partial charge on any atom is -0.481 e. The number of nitrogens with one attached hydrogen (secondary N) is 2. The van der Waals surface area contributed by atoms with E-state index in [1.54, 1.807) is 24.4 Å². The van der Waals surface area contributed by atoms with Crippen molar-refractivity contribution in [3.63, 3.8) is 0 Å². The first-order valence-electron chi connectivity index (χ1n) is 9.50. The number of H-pyrrole nitrogens is 1. The Balaban J connectivity index is 1.60. The lowest BCUT2D eigenvalue weighted by Crippen LogP contribution is -2.33. The second-order valence-electron chi connectivity index (χ2n) is 6.71. The van der Waals surface area contributed by atoms with Crippen molar-refractivity contribution in [1.29, 1.82) is 0 Å². The number of rotatable bonds is 11. The summed E-state index contributed by atoms with van der Waals surface area (Å²) in [5, 5.41) is 9.38. The number of carbonyl (C=O) groups is 3. The van der Waals surface area contributed by atoms with Crippen LogP contribution >= 0.6 is 0 Å². The van der Waals surface area contributed by atoms with Gasteiger partial charge in [-0.25, -0.2) is 0 Å². The smallest absolute Gasteiger partial charge is 0.311 e. The summed E-state index contributed by atoms with van der Waals surface area (Å²) < 4.78 is 5.43. The van der Waals surface area contributed by atoms with Gasteiger partial charge in [-0.3, -0.25) is 9.59 Å². The number of esters is 1. The van der Waals surface area contributed by atoms with Crippen molar-refractivity contribution in [2.45, 2.75) is 31.7 Å². The zero-order chi connectivity index (χ0) is 21.3. The predicted octanol–water partition coefficient (Wildman–Crippen LogP) is 3.02. The molecular formula is C22H22N2O6. The standard InChI is InChI=1S/C22H22N2O6/c25-14-16(7-10-21(26)27)24-30-20-13-23-19-9-8-17(12-18(19)20)29-22(28)11-6-15-4-2-1-3-5-15/h1-5,8-9,12-14,16,23-24H,6-7,10-11H2,(H,26,27)/t16-/m0/s1. The summed E-state index contributed by atoms with van der Waals surface area (Å²) >= 11 is 0. The fourth-order valence-corrected chi connectivity index (χ4v) is 2.87. The molecule has 0 amide bonds. The largest absolute Gasteiger partial charge is 0.481 e. The van der Waals surface area contributed by atoms with Crippen LogP contribution in [0.15, 0.2) is 54.7 Å². The summed E-state index contributed by atoms with van der Waals surface area (Å²) in [6.45, 7) is 0. The minimum absolute atomic E-state index is 0.103. The van der Waals surface area contributed by atoms with Gasteiger partial charge in [0.2, 0.25) is 0 Å². The molecule has 1 atom stereocenters. The lowest BCUT2D eigenvalue weighted by atomic mass is 10.1. The fraction of sp³-hybridized carbons (Fsp3) is 0.227. The van der Waals surface area contributed by atoms with E-state index in [9.17, 15) is 14.4 Å². The van der Waals surface area contributed by atoms with Crippen LogP contribution in [0.3, 0.4) is 0 Å². The van der Waals surface area contributed by atoms with E-state index in [1.807, 2.05) is 30.3 Å². The summed E-state index contributed by atoms with van der Waals surface area (Å²) in [4.78, 5) is 42.4. The predicted molar refractivity (Wildman–Crippen MR) is 109 cm³/mol. The van der Waals surface area contributed by atoms with Crippen LogP contribution in [0.1, 0.15) is 24.8 Å². The van der Waals surface area contributed by atoms with E-state index >= 15 is 0 Å². The molecule has 8 nitrogen and oxygen atoms in total. The van der Waals surface area contributed by atoms with E-state index in [2.05, 4.69) is 10.5 Å². The third-order valence-electron chi connectivity index (χ3n) is 4.46. The number of benzene rings is 2. The van der Waals surface area contributed by atoms with Gasteiger partial charge in [-0.15, -0.1) is 5.48 Å². The fourth-order valence-electron chi connectivity index (χ4n) is 2.87. The topological polar surface area (TPSA) is 118 Å². The lowest BCUT2D eigenvalue weighted by Gasteiger charge is -2.12. The van der Waals surface area contributed by atoms with Gasteiger partial charge in [-0.05, 0) is 36.6 Å². The molecule has 2 aromatic carbocycles. The van der Waals surface area contributed by atoms with Crippen molar-refractivity contribution in [1.82, 2.24) is 10.5 Å². The molecule has 0 aliphatic rings. The number of aliphatic carboxylic acids is 1. The molecule has 0 spiro atoms. The monoisotopic (exact) mass is 410 g/mol. The third kappa shape index (κ3) is 5.92. The molecule has 30 heavy (non-hydrogen) atoms. The van der Waals surface area contributed by atoms with E-state index in [4.69, 9.17) is 14.7 Å². The number of aromatic nitrogens is 1. The van der Waals surface area contributed by atoms with Crippen molar-refractivity contribution in [3.8, 4) is 11.5 Å². The highest BCUT2D eigenvalue weighted by Crippen LogP contribution is 2.29. The van der Waals surface area contributed by atoms with Crippen LogP contribution in [-0.4, -0.2) is 34.4 Å². The molecule has 0 aliphatic carbocycles. The quantitative estimate of drug-likeness (QED) is 0.192. The number of ether oxygens (including phenoxy) is 1. The van der Waals surface area contributed by atoms with Crippen LogP contribution < -0.4 is 15.1 Å². The maximum atomic E-state index is 12.2. The number of fused-ring (bicyclic) bond motifs is 1. The van der Waals surface area contributed by atoms with Crippen LogP contribution in [0.5, 0.6) is 11.5 Å². The number of carboxylic acid groups (broad SMARTS) is 1. The molecule has 3 aromatic rings. The highest BCUT2D eigenvalue weighted by atomic mass is 16.6. The van der Waals surface area contributed by atoms with E-state index in [0.29, 0.717) is 29.6 Å². The molecule has 0 bridgehead atoms. The Kier molecular flexibility index (Phi) is 7.18. The first kappa shape index (κ1) is 21.1. The summed E-state index contributed by atoms with van der Waals surface area (Å²) in [7, 11) is 0. The van der Waals surface area contributed by atoms with Crippen LogP contribution in [0.25, 0.3) is 10.9 Å². The number of aryl methyl sites for hydroxylation is 1. The number of carboxylic acids is 1. The van der Waals surface area contributed by atoms with E-state index < -0.39 is 12.0 Å². The SMILES string of the molecule is O=C[C@H](CCC(=O)O)NOc1c[nH]c2ccc(OC(=O)CCc3ccccc3)cc12. The van der Waals surface area contributed by atoms with Gasteiger partial charge in [-0.2, -0.15) is 0 Å². The first-order chi connectivity index (χ1) is 14.5. The zero-order valence-electron chi connectivity index (χ0n) is 16.2. The Morgan fingerprint density at radius 3 is 2.67 bits per heavy atom. The van der Waals surface area contributed by atoms with Gasteiger partial charge in [0, 0.05) is 29.9 Å². The molecule has 0 saturated carbocycles. The molecule has 3 N–H and O–H groups in total. The number of hydrogen-bond acceptors (Lipinski definition) is 6.